The molecule has 0 saturated carbocycles. The summed E-state index contributed by atoms with van der Waals surface area (Å²) in [5, 5.41) is 12.9. The Morgan fingerprint density at radius 1 is 1.00 bits per heavy atom. The lowest BCUT2D eigenvalue weighted by molar-refractivity contribution is -0.137. The molecule has 0 saturated heterocycles. The van der Waals surface area contributed by atoms with Crippen molar-refractivity contribution in [1.29, 1.82) is 0 Å². The minimum atomic E-state index is -4.77. The number of carboxylic acids is 1. The molecule has 0 aliphatic heterocycles. The predicted molar refractivity (Wildman–Crippen MR) is 130 cm³/mol. The average molecular weight is 535 g/mol. The molecule has 0 amide bonds. The fraction of sp³-hybridized carbons (Fsp3) is 0.154. The summed E-state index contributed by atoms with van der Waals surface area (Å²) in [7, 11) is 0. The van der Waals surface area contributed by atoms with Crippen LogP contribution in [-0.4, -0.2) is 16.1 Å². The molecule has 2 aromatic heterocycles. The van der Waals surface area contributed by atoms with Gasteiger partial charge in [-0.15, -0.1) is 11.3 Å². The second kappa shape index (κ2) is 10.4. The van der Waals surface area contributed by atoms with Gasteiger partial charge in [-0.05, 0) is 53.6 Å². The molecule has 0 fully saturated rings. The van der Waals surface area contributed by atoms with E-state index in [1.165, 1.54) is 12.3 Å². The summed E-state index contributed by atoms with van der Waals surface area (Å²) >= 11 is 7.07. The SMILES string of the molecule is O=C(O)c1ccc(CNC(Cc2ccccc2)(c2cc(F)cc(C(F)(F)F)c2)c2ccc(Cl)cn2)s1. The highest BCUT2D eigenvalue weighted by molar-refractivity contribution is 7.13. The van der Waals surface area contributed by atoms with Crippen LogP contribution in [0.5, 0.6) is 0 Å². The Balaban J connectivity index is 1.91. The zero-order chi connectivity index (χ0) is 25.9. The highest BCUT2D eigenvalue weighted by Crippen LogP contribution is 2.38. The Bertz CT molecular complexity index is 1360. The van der Waals surface area contributed by atoms with Crippen molar-refractivity contribution < 1.29 is 27.5 Å². The molecule has 2 N–H and O–H groups in total. The van der Waals surface area contributed by atoms with Crippen LogP contribution in [0.15, 0.2) is 79.0 Å². The van der Waals surface area contributed by atoms with Crippen molar-refractivity contribution in [3.05, 3.63) is 122 Å². The zero-order valence-corrected chi connectivity index (χ0v) is 20.1. The van der Waals surface area contributed by atoms with Gasteiger partial charge in [0, 0.05) is 24.0 Å². The quantitative estimate of drug-likeness (QED) is 0.241. The van der Waals surface area contributed by atoms with Crippen molar-refractivity contribution in [1.82, 2.24) is 10.3 Å². The Morgan fingerprint density at radius 2 is 1.72 bits per heavy atom. The molecule has 4 nitrogen and oxygen atoms in total. The lowest BCUT2D eigenvalue weighted by atomic mass is 9.79. The maximum Gasteiger partial charge on any atom is 0.416 e. The first-order chi connectivity index (χ1) is 17.1. The van der Waals surface area contributed by atoms with Gasteiger partial charge in [-0.25, -0.2) is 9.18 Å². The summed E-state index contributed by atoms with van der Waals surface area (Å²) in [6.45, 7) is 0.0902. The van der Waals surface area contributed by atoms with Gasteiger partial charge >= 0.3 is 12.1 Å². The fourth-order valence-electron chi connectivity index (χ4n) is 3.95. The van der Waals surface area contributed by atoms with Gasteiger partial charge in [-0.3, -0.25) is 10.3 Å². The molecule has 4 rings (SSSR count). The number of rotatable bonds is 8. The number of hydrogen-bond acceptors (Lipinski definition) is 4. The molecule has 0 aliphatic rings. The van der Waals surface area contributed by atoms with Gasteiger partial charge in [0.1, 0.15) is 10.7 Å². The lowest BCUT2D eigenvalue weighted by Gasteiger charge is -2.36. The van der Waals surface area contributed by atoms with E-state index in [0.29, 0.717) is 21.7 Å². The number of carbonyl (C=O) groups is 1. The van der Waals surface area contributed by atoms with Crippen molar-refractivity contribution in [3.63, 3.8) is 0 Å². The maximum absolute atomic E-state index is 14.6. The molecule has 1 atom stereocenters. The molecule has 2 heterocycles. The van der Waals surface area contributed by atoms with Gasteiger partial charge in [-0.2, -0.15) is 13.2 Å². The van der Waals surface area contributed by atoms with Crippen molar-refractivity contribution in [2.45, 2.75) is 24.7 Å². The van der Waals surface area contributed by atoms with Crippen LogP contribution in [0.3, 0.4) is 0 Å². The third kappa shape index (κ3) is 5.75. The van der Waals surface area contributed by atoms with Gasteiger partial charge < -0.3 is 5.11 Å². The van der Waals surface area contributed by atoms with Crippen LogP contribution in [0.25, 0.3) is 0 Å². The number of pyridine rings is 1. The van der Waals surface area contributed by atoms with Crippen molar-refractivity contribution in [2.75, 3.05) is 0 Å². The summed E-state index contributed by atoms with van der Waals surface area (Å²) in [5.74, 6) is -2.13. The number of nitrogens with zero attached hydrogens (tertiary/aromatic N) is 1. The molecule has 2 aromatic carbocycles. The topological polar surface area (TPSA) is 62.2 Å². The molecule has 1 unspecified atom stereocenters. The van der Waals surface area contributed by atoms with E-state index in [1.807, 2.05) is 18.2 Å². The monoisotopic (exact) mass is 534 g/mol. The van der Waals surface area contributed by atoms with Crippen molar-refractivity contribution in [3.8, 4) is 0 Å². The van der Waals surface area contributed by atoms with Crippen LogP contribution in [0.2, 0.25) is 5.02 Å². The first-order valence-corrected chi connectivity index (χ1v) is 11.9. The average Bonchev–Trinajstić information content (AvgIpc) is 3.32. The zero-order valence-electron chi connectivity index (χ0n) is 18.5. The van der Waals surface area contributed by atoms with Crippen molar-refractivity contribution >= 4 is 28.9 Å². The second-order valence-corrected chi connectivity index (χ2v) is 9.69. The van der Waals surface area contributed by atoms with E-state index in [0.717, 1.165) is 29.0 Å². The Kier molecular flexibility index (Phi) is 7.44. The van der Waals surface area contributed by atoms with E-state index in [4.69, 9.17) is 11.6 Å². The number of carboxylic acid groups (broad SMARTS) is 1. The minimum Gasteiger partial charge on any atom is -0.477 e. The number of benzene rings is 2. The van der Waals surface area contributed by atoms with Crippen molar-refractivity contribution in [2.24, 2.45) is 0 Å². The largest absolute Gasteiger partial charge is 0.477 e. The molecule has 0 bridgehead atoms. The summed E-state index contributed by atoms with van der Waals surface area (Å²) in [6.07, 6.45) is -3.27. The molecule has 0 aliphatic carbocycles. The highest BCUT2D eigenvalue weighted by atomic mass is 35.5. The van der Waals surface area contributed by atoms with Crippen LogP contribution < -0.4 is 5.32 Å². The van der Waals surface area contributed by atoms with E-state index in [9.17, 15) is 27.5 Å². The smallest absolute Gasteiger partial charge is 0.416 e. The van der Waals surface area contributed by atoms with E-state index in [-0.39, 0.29) is 23.4 Å². The Hall–Kier alpha value is -3.27. The molecule has 0 radical (unpaired) electrons. The van der Waals surface area contributed by atoms with Gasteiger partial charge in [0.15, 0.2) is 0 Å². The molecule has 36 heavy (non-hydrogen) atoms. The summed E-state index contributed by atoms with van der Waals surface area (Å²) in [4.78, 5) is 16.5. The predicted octanol–water partition coefficient (Wildman–Crippen LogP) is 6.93. The molecule has 186 valence electrons. The minimum absolute atomic E-state index is 0.0171. The number of nitrogens with one attached hydrogen (secondary N) is 1. The van der Waals surface area contributed by atoms with E-state index >= 15 is 0 Å². The maximum atomic E-state index is 14.6. The Labute approximate surface area is 213 Å². The normalized spacial score (nSPS) is 13.4. The van der Waals surface area contributed by atoms with E-state index < -0.39 is 29.1 Å². The Morgan fingerprint density at radius 3 is 2.33 bits per heavy atom. The van der Waals surface area contributed by atoms with Crippen LogP contribution in [-0.2, 0) is 24.7 Å². The van der Waals surface area contributed by atoms with Gasteiger partial charge in [0.05, 0.1) is 21.8 Å². The molecule has 4 aromatic rings. The van der Waals surface area contributed by atoms with E-state index in [1.54, 1.807) is 30.3 Å². The number of alkyl halides is 3. The van der Waals surface area contributed by atoms with E-state index in [2.05, 4.69) is 10.3 Å². The van der Waals surface area contributed by atoms with Crippen LogP contribution >= 0.6 is 22.9 Å². The lowest BCUT2D eigenvalue weighted by Crippen LogP contribution is -2.46. The summed E-state index contributed by atoms with van der Waals surface area (Å²) in [5.41, 5.74) is -1.44. The number of aromatic carboxylic acids is 1. The number of halogens is 5. The molecule has 0 spiro atoms. The number of hydrogen-bond donors (Lipinski definition) is 2. The molecular formula is C26H19ClF4N2O2S. The summed E-state index contributed by atoms with van der Waals surface area (Å²) in [6, 6.07) is 17.6. The molecule has 10 heteroatoms. The third-order valence-electron chi connectivity index (χ3n) is 5.63. The first kappa shape index (κ1) is 25.8. The highest BCUT2D eigenvalue weighted by Gasteiger charge is 2.39. The second-order valence-electron chi connectivity index (χ2n) is 8.08. The van der Waals surface area contributed by atoms with Gasteiger partial charge in [-0.1, -0.05) is 41.9 Å². The molecular weight excluding hydrogens is 516 g/mol. The van der Waals surface area contributed by atoms with Crippen LogP contribution in [0.4, 0.5) is 17.6 Å². The first-order valence-electron chi connectivity index (χ1n) is 10.7. The van der Waals surface area contributed by atoms with Gasteiger partial charge in [0.25, 0.3) is 0 Å². The third-order valence-corrected chi connectivity index (χ3v) is 6.93. The summed E-state index contributed by atoms with van der Waals surface area (Å²) < 4.78 is 55.7. The van der Waals surface area contributed by atoms with Crippen LogP contribution in [0.1, 0.15) is 36.9 Å². The number of thiophene rings is 1. The standard InChI is InChI=1S/C26H19ClF4N2O2S/c27-19-6-9-23(32-14-19)25(13-16-4-2-1-3-5-16,33-15-21-7-8-22(36-21)24(34)35)17-10-18(26(29,30)31)12-20(28)11-17/h1-12,14,33H,13,15H2,(H,34,35). The van der Waals surface area contributed by atoms with Gasteiger partial charge in [0.2, 0.25) is 0 Å². The number of aromatic nitrogens is 1. The fourth-order valence-corrected chi connectivity index (χ4v) is 4.85. The van der Waals surface area contributed by atoms with Crippen LogP contribution in [0, 0.1) is 5.82 Å².